The Morgan fingerprint density at radius 1 is 1.11 bits per heavy atom. The standard InChI is InChI=1S/C21H15N3O3/c1-26-17-9-10-22-16(17)11-13-18-14(23-20(13)25)7-8-15-19(18)27-21(24-15)12-5-3-2-4-6-12/h2-11,22H,1H3,(H,23,25). The van der Waals surface area contributed by atoms with Gasteiger partial charge in [0.1, 0.15) is 11.3 Å². The molecule has 2 aromatic heterocycles. The van der Waals surface area contributed by atoms with E-state index in [1.807, 2.05) is 48.5 Å². The fourth-order valence-electron chi connectivity index (χ4n) is 3.31. The smallest absolute Gasteiger partial charge is 0.256 e. The predicted molar refractivity (Wildman–Crippen MR) is 103 cm³/mol. The number of nitrogens with one attached hydrogen (secondary N) is 2. The van der Waals surface area contributed by atoms with Crippen molar-refractivity contribution in [1.29, 1.82) is 0 Å². The number of rotatable bonds is 3. The predicted octanol–water partition coefficient (Wildman–Crippen LogP) is 4.32. The van der Waals surface area contributed by atoms with Gasteiger partial charge in [0, 0.05) is 11.8 Å². The first kappa shape index (κ1) is 15.5. The Hall–Kier alpha value is -3.80. The lowest BCUT2D eigenvalue weighted by molar-refractivity contribution is -0.110. The number of H-pyrrole nitrogens is 1. The molecule has 6 nitrogen and oxygen atoms in total. The summed E-state index contributed by atoms with van der Waals surface area (Å²) < 4.78 is 11.4. The van der Waals surface area contributed by atoms with Crippen LogP contribution in [0.1, 0.15) is 11.3 Å². The molecule has 0 atom stereocenters. The molecular formula is C21H15N3O3. The Morgan fingerprint density at radius 2 is 1.96 bits per heavy atom. The topological polar surface area (TPSA) is 80.2 Å². The van der Waals surface area contributed by atoms with Crippen LogP contribution in [-0.2, 0) is 4.79 Å². The maximum Gasteiger partial charge on any atom is 0.256 e. The van der Waals surface area contributed by atoms with Gasteiger partial charge in [-0.2, -0.15) is 0 Å². The molecule has 1 amide bonds. The molecule has 0 radical (unpaired) electrons. The number of fused-ring (bicyclic) bond motifs is 3. The lowest BCUT2D eigenvalue weighted by Crippen LogP contribution is -2.03. The number of methoxy groups -OCH3 is 1. The van der Waals surface area contributed by atoms with Crippen LogP contribution in [0.15, 0.2) is 59.1 Å². The number of carbonyl (C=O) groups excluding carboxylic acids is 1. The number of benzene rings is 2. The van der Waals surface area contributed by atoms with Gasteiger partial charge in [0.25, 0.3) is 5.91 Å². The van der Waals surface area contributed by atoms with E-state index in [9.17, 15) is 4.79 Å². The summed E-state index contributed by atoms with van der Waals surface area (Å²) in [5.41, 5.74) is 4.82. The van der Waals surface area contributed by atoms with Crippen molar-refractivity contribution < 1.29 is 13.9 Å². The van der Waals surface area contributed by atoms with Crippen molar-refractivity contribution in [2.24, 2.45) is 0 Å². The molecule has 27 heavy (non-hydrogen) atoms. The zero-order valence-electron chi connectivity index (χ0n) is 14.4. The number of nitrogens with zero attached hydrogens (tertiary/aromatic N) is 1. The molecule has 1 aliphatic rings. The van der Waals surface area contributed by atoms with E-state index in [1.54, 1.807) is 19.4 Å². The summed E-state index contributed by atoms with van der Waals surface area (Å²) >= 11 is 0. The zero-order valence-corrected chi connectivity index (χ0v) is 14.4. The minimum atomic E-state index is -0.188. The molecule has 6 heteroatoms. The lowest BCUT2D eigenvalue weighted by atomic mass is 10.0. The van der Waals surface area contributed by atoms with Gasteiger partial charge in [0.2, 0.25) is 5.89 Å². The van der Waals surface area contributed by atoms with Gasteiger partial charge in [0.15, 0.2) is 5.58 Å². The van der Waals surface area contributed by atoms with Crippen LogP contribution in [0.4, 0.5) is 5.69 Å². The molecule has 4 aromatic rings. The first-order chi connectivity index (χ1) is 13.2. The molecule has 0 unspecified atom stereocenters. The summed E-state index contributed by atoms with van der Waals surface area (Å²) in [6, 6.07) is 15.2. The van der Waals surface area contributed by atoms with Crippen LogP contribution >= 0.6 is 0 Å². The van der Waals surface area contributed by atoms with E-state index in [1.165, 1.54) is 0 Å². The van der Waals surface area contributed by atoms with Crippen LogP contribution in [0.2, 0.25) is 0 Å². The van der Waals surface area contributed by atoms with E-state index in [4.69, 9.17) is 9.15 Å². The Morgan fingerprint density at radius 3 is 2.78 bits per heavy atom. The third-order valence-corrected chi connectivity index (χ3v) is 4.59. The molecule has 2 aromatic carbocycles. The SMILES string of the molecule is COc1cc[nH]c1C=C1C(=O)Nc2ccc3nc(-c4ccccc4)oc3c21. The van der Waals surface area contributed by atoms with Crippen molar-refractivity contribution in [1.82, 2.24) is 9.97 Å². The van der Waals surface area contributed by atoms with Gasteiger partial charge >= 0.3 is 0 Å². The molecule has 132 valence electrons. The molecule has 1 aliphatic heterocycles. The molecule has 0 saturated carbocycles. The Kier molecular flexibility index (Phi) is 3.36. The fourth-order valence-corrected chi connectivity index (χ4v) is 3.31. The number of hydrogen-bond donors (Lipinski definition) is 2. The second-order valence-corrected chi connectivity index (χ2v) is 6.19. The summed E-state index contributed by atoms with van der Waals surface area (Å²) in [6.07, 6.45) is 3.53. The Balaban J connectivity index is 1.71. The van der Waals surface area contributed by atoms with Crippen molar-refractivity contribution in [3.8, 4) is 17.2 Å². The van der Waals surface area contributed by atoms with E-state index < -0.39 is 0 Å². The zero-order chi connectivity index (χ0) is 18.4. The number of carbonyl (C=O) groups is 1. The van der Waals surface area contributed by atoms with E-state index in [-0.39, 0.29) is 5.91 Å². The molecule has 2 N–H and O–H groups in total. The van der Waals surface area contributed by atoms with E-state index in [2.05, 4.69) is 15.3 Å². The molecule has 0 aliphatic carbocycles. The first-order valence-corrected chi connectivity index (χ1v) is 8.48. The van der Waals surface area contributed by atoms with Crippen molar-refractivity contribution >= 4 is 34.3 Å². The maximum absolute atomic E-state index is 12.6. The second-order valence-electron chi connectivity index (χ2n) is 6.19. The first-order valence-electron chi connectivity index (χ1n) is 8.48. The summed E-state index contributed by atoms with van der Waals surface area (Å²) in [6.45, 7) is 0. The molecule has 0 bridgehead atoms. The highest BCUT2D eigenvalue weighted by atomic mass is 16.5. The summed E-state index contributed by atoms with van der Waals surface area (Å²) in [4.78, 5) is 20.3. The maximum atomic E-state index is 12.6. The number of aromatic amines is 1. The van der Waals surface area contributed by atoms with Gasteiger partial charge < -0.3 is 19.5 Å². The van der Waals surface area contributed by atoms with Gasteiger partial charge in [-0.3, -0.25) is 4.79 Å². The van der Waals surface area contributed by atoms with E-state index >= 15 is 0 Å². The second kappa shape index (κ2) is 5.88. The van der Waals surface area contributed by atoms with Crippen LogP contribution < -0.4 is 10.1 Å². The Labute approximate surface area is 154 Å². The molecule has 0 fully saturated rings. The third-order valence-electron chi connectivity index (χ3n) is 4.59. The fraction of sp³-hybridized carbons (Fsp3) is 0.0476. The average Bonchev–Trinajstić information content (AvgIpc) is 3.39. The largest absolute Gasteiger partial charge is 0.495 e. The molecule has 0 saturated heterocycles. The molecule has 3 heterocycles. The third kappa shape index (κ3) is 2.42. The van der Waals surface area contributed by atoms with Gasteiger partial charge in [-0.15, -0.1) is 0 Å². The minimum Gasteiger partial charge on any atom is -0.495 e. The van der Waals surface area contributed by atoms with Gasteiger partial charge in [0.05, 0.1) is 29.6 Å². The summed E-state index contributed by atoms with van der Waals surface area (Å²) in [5.74, 6) is 1.00. The number of anilines is 1. The normalized spacial score (nSPS) is 14.6. The minimum absolute atomic E-state index is 0.188. The molecular weight excluding hydrogens is 342 g/mol. The molecule has 0 spiro atoms. The van der Waals surface area contributed by atoms with Crippen molar-refractivity contribution in [3.05, 3.63) is 66.0 Å². The van der Waals surface area contributed by atoms with E-state index in [0.717, 1.165) is 11.3 Å². The van der Waals surface area contributed by atoms with Gasteiger partial charge in [-0.05, 0) is 36.4 Å². The van der Waals surface area contributed by atoms with Gasteiger partial charge in [-0.25, -0.2) is 4.98 Å². The Bertz CT molecular complexity index is 1200. The van der Waals surface area contributed by atoms with Crippen LogP contribution in [0.25, 0.3) is 34.2 Å². The van der Waals surface area contributed by atoms with E-state index in [0.29, 0.717) is 39.6 Å². The monoisotopic (exact) mass is 357 g/mol. The molecule has 5 rings (SSSR count). The number of ether oxygens (including phenoxy) is 1. The van der Waals surface area contributed by atoms with Gasteiger partial charge in [-0.1, -0.05) is 18.2 Å². The highest BCUT2D eigenvalue weighted by Gasteiger charge is 2.29. The summed E-state index contributed by atoms with van der Waals surface area (Å²) in [5, 5.41) is 2.89. The highest BCUT2D eigenvalue weighted by molar-refractivity contribution is 6.37. The number of aromatic nitrogens is 2. The number of amides is 1. The number of hydrogen-bond acceptors (Lipinski definition) is 4. The lowest BCUT2D eigenvalue weighted by Gasteiger charge is -2.01. The van der Waals surface area contributed by atoms with Crippen LogP contribution in [-0.4, -0.2) is 23.0 Å². The number of oxazole rings is 1. The highest BCUT2D eigenvalue weighted by Crippen LogP contribution is 2.40. The van der Waals surface area contributed by atoms with Crippen LogP contribution in [0, 0.1) is 0 Å². The summed E-state index contributed by atoms with van der Waals surface area (Å²) in [7, 11) is 1.59. The average molecular weight is 357 g/mol. The quantitative estimate of drug-likeness (QED) is 0.535. The van der Waals surface area contributed by atoms with Crippen molar-refractivity contribution in [2.45, 2.75) is 0 Å². The van der Waals surface area contributed by atoms with Crippen molar-refractivity contribution in [3.63, 3.8) is 0 Å². The van der Waals surface area contributed by atoms with Crippen molar-refractivity contribution in [2.75, 3.05) is 12.4 Å². The van der Waals surface area contributed by atoms with Crippen LogP contribution in [0.5, 0.6) is 5.75 Å². The van der Waals surface area contributed by atoms with Crippen LogP contribution in [0.3, 0.4) is 0 Å².